The van der Waals surface area contributed by atoms with E-state index in [1.807, 2.05) is 75.4 Å². The van der Waals surface area contributed by atoms with Gasteiger partial charge in [0, 0.05) is 19.5 Å². The Kier molecular flexibility index (Phi) is 10.6. The maximum atomic E-state index is 13.2. The summed E-state index contributed by atoms with van der Waals surface area (Å²) < 4.78 is 10.9. The van der Waals surface area contributed by atoms with Crippen molar-refractivity contribution in [2.24, 2.45) is 5.92 Å². The molecule has 0 bridgehead atoms. The van der Waals surface area contributed by atoms with Crippen molar-refractivity contribution in [3.8, 4) is 11.5 Å². The monoisotopic (exact) mass is 440 g/mol. The average molecular weight is 441 g/mol. The fraction of sp³-hybridized carbons (Fsp3) is 0.462. The highest BCUT2D eigenvalue weighted by molar-refractivity contribution is 5.87. The quantitative estimate of drug-likeness (QED) is 0.468. The van der Waals surface area contributed by atoms with Gasteiger partial charge in [-0.25, -0.2) is 0 Å². The molecule has 1 N–H and O–H groups in total. The third kappa shape index (κ3) is 8.25. The molecule has 0 fully saturated rings. The number of methoxy groups -OCH3 is 1. The standard InChI is InChI=1S/C26H36N2O4/c1-5-24(26(30)27-18-20(2)3)28(19-21-13-15-22(31-4)16-14-21)25(29)12-9-17-32-23-10-7-6-8-11-23/h6-8,10-11,13-16,20,24H,5,9,12,17-19H2,1-4H3,(H,27,30)/t24-/m0/s1. The second-order valence-electron chi connectivity index (χ2n) is 8.20. The van der Waals surface area contributed by atoms with E-state index >= 15 is 0 Å². The third-order valence-electron chi connectivity index (χ3n) is 5.13. The molecule has 6 nitrogen and oxygen atoms in total. The predicted octanol–water partition coefficient (Wildman–Crippen LogP) is 4.43. The summed E-state index contributed by atoms with van der Waals surface area (Å²) in [5.74, 6) is 1.73. The van der Waals surface area contributed by atoms with Crippen LogP contribution >= 0.6 is 0 Å². The molecule has 0 radical (unpaired) electrons. The zero-order chi connectivity index (χ0) is 23.3. The molecule has 2 amide bonds. The Morgan fingerprint density at radius 1 is 1.00 bits per heavy atom. The molecule has 2 aromatic rings. The third-order valence-corrected chi connectivity index (χ3v) is 5.13. The number of hydrogen-bond acceptors (Lipinski definition) is 4. The summed E-state index contributed by atoms with van der Waals surface area (Å²) in [6.45, 7) is 7.44. The maximum absolute atomic E-state index is 13.2. The molecule has 0 unspecified atom stereocenters. The van der Waals surface area contributed by atoms with Crippen molar-refractivity contribution in [2.75, 3.05) is 20.3 Å². The molecule has 6 heteroatoms. The van der Waals surface area contributed by atoms with Crippen molar-refractivity contribution in [1.29, 1.82) is 0 Å². The molecular weight excluding hydrogens is 404 g/mol. The number of hydrogen-bond donors (Lipinski definition) is 1. The van der Waals surface area contributed by atoms with Gasteiger partial charge < -0.3 is 19.7 Å². The van der Waals surface area contributed by atoms with Gasteiger partial charge in [-0.1, -0.05) is 51.1 Å². The van der Waals surface area contributed by atoms with Crippen molar-refractivity contribution in [1.82, 2.24) is 10.2 Å². The van der Waals surface area contributed by atoms with Crippen LogP contribution in [0.3, 0.4) is 0 Å². The lowest BCUT2D eigenvalue weighted by molar-refractivity contribution is -0.141. The Labute approximate surface area is 191 Å². The number of amides is 2. The fourth-order valence-electron chi connectivity index (χ4n) is 3.34. The fourth-order valence-corrected chi connectivity index (χ4v) is 3.34. The Hall–Kier alpha value is -3.02. The molecule has 1 atom stereocenters. The molecule has 0 saturated carbocycles. The number of benzene rings is 2. The second-order valence-corrected chi connectivity index (χ2v) is 8.20. The highest BCUT2D eigenvalue weighted by Crippen LogP contribution is 2.18. The van der Waals surface area contributed by atoms with E-state index in [2.05, 4.69) is 5.32 Å². The van der Waals surface area contributed by atoms with Gasteiger partial charge in [0.2, 0.25) is 11.8 Å². The molecule has 0 aliphatic carbocycles. The number of rotatable bonds is 13. The summed E-state index contributed by atoms with van der Waals surface area (Å²) in [5.41, 5.74) is 0.954. The van der Waals surface area contributed by atoms with E-state index < -0.39 is 6.04 Å². The van der Waals surface area contributed by atoms with Crippen LogP contribution in [0.4, 0.5) is 0 Å². The molecule has 2 rings (SSSR count). The van der Waals surface area contributed by atoms with Gasteiger partial charge in [0.25, 0.3) is 0 Å². The molecule has 32 heavy (non-hydrogen) atoms. The second kappa shape index (κ2) is 13.4. The van der Waals surface area contributed by atoms with Gasteiger partial charge in [0.15, 0.2) is 0 Å². The van der Waals surface area contributed by atoms with E-state index in [0.29, 0.717) is 44.9 Å². The number of nitrogens with one attached hydrogen (secondary N) is 1. The lowest BCUT2D eigenvalue weighted by Crippen LogP contribution is -2.49. The Morgan fingerprint density at radius 2 is 1.69 bits per heavy atom. The Morgan fingerprint density at radius 3 is 2.28 bits per heavy atom. The maximum Gasteiger partial charge on any atom is 0.242 e. The summed E-state index contributed by atoms with van der Waals surface area (Å²) in [5, 5.41) is 2.98. The van der Waals surface area contributed by atoms with Crippen molar-refractivity contribution in [3.63, 3.8) is 0 Å². The SMILES string of the molecule is CC[C@@H](C(=O)NCC(C)C)N(Cc1ccc(OC)cc1)C(=O)CCCOc1ccccc1. The van der Waals surface area contributed by atoms with Crippen LogP contribution in [0.25, 0.3) is 0 Å². The highest BCUT2D eigenvalue weighted by atomic mass is 16.5. The van der Waals surface area contributed by atoms with E-state index in [0.717, 1.165) is 17.1 Å². The number of carbonyl (C=O) groups excluding carboxylic acids is 2. The molecule has 0 aliphatic heterocycles. The van der Waals surface area contributed by atoms with Crippen molar-refractivity contribution in [2.45, 2.75) is 52.6 Å². The van der Waals surface area contributed by atoms with Gasteiger partial charge in [-0.05, 0) is 48.6 Å². The van der Waals surface area contributed by atoms with Gasteiger partial charge in [-0.15, -0.1) is 0 Å². The number of ether oxygens (including phenoxy) is 2. The first-order valence-electron chi connectivity index (χ1n) is 11.3. The molecular formula is C26H36N2O4. The van der Waals surface area contributed by atoms with Gasteiger partial charge in [0.1, 0.15) is 17.5 Å². The predicted molar refractivity (Wildman–Crippen MR) is 127 cm³/mol. The zero-order valence-corrected chi connectivity index (χ0v) is 19.7. The topological polar surface area (TPSA) is 67.9 Å². The van der Waals surface area contributed by atoms with Gasteiger partial charge in [-0.2, -0.15) is 0 Å². The van der Waals surface area contributed by atoms with Crippen LogP contribution in [-0.4, -0.2) is 43.0 Å². The summed E-state index contributed by atoms with van der Waals surface area (Å²) in [4.78, 5) is 27.8. The first kappa shape index (κ1) is 25.2. The first-order chi connectivity index (χ1) is 15.4. The van der Waals surface area contributed by atoms with Crippen LogP contribution in [0.1, 0.15) is 45.6 Å². The lowest BCUT2D eigenvalue weighted by Gasteiger charge is -2.31. The first-order valence-corrected chi connectivity index (χ1v) is 11.3. The molecule has 0 saturated heterocycles. The van der Waals surface area contributed by atoms with Crippen LogP contribution in [0.15, 0.2) is 54.6 Å². The van der Waals surface area contributed by atoms with Gasteiger partial charge in [-0.3, -0.25) is 9.59 Å². The van der Waals surface area contributed by atoms with E-state index in [9.17, 15) is 9.59 Å². The molecule has 174 valence electrons. The zero-order valence-electron chi connectivity index (χ0n) is 19.7. The van der Waals surface area contributed by atoms with Crippen LogP contribution in [0, 0.1) is 5.92 Å². The largest absolute Gasteiger partial charge is 0.497 e. The molecule has 0 heterocycles. The average Bonchev–Trinajstić information content (AvgIpc) is 2.81. The number of nitrogens with zero attached hydrogens (tertiary/aromatic N) is 1. The molecule has 0 spiro atoms. The van der Waals surface area contributed by atoms with E-state index in [-0.39, 0.29) is 11.8 Å². The van der Waals surface area contributed by atoms with Crippen molar-refractivity contribution >= 4 is 11.8 Å². The van der Waals surface area contributed by atoms with Crippen LogP contribution in [-0.2, 0) is 16.1 Å². The minimum Gasteiger partial charge on any atom is -0.497 e. The smallest absolute Gasteiger partial charge is 0.242 e. The number of para-hydroxylation sites is 1. The molecule has 0 aromatic heterocycles. The van der Waals surface area contributed by atoms with E-state index in [4.69, 9.17) is 9.47 Å². The van der Waals surface area contributed by atoms with E-state index in [1.165, 1.54) is 0 Å². The van der Waals surface area contributed by atoms with Crippen LogP contribution < -0.4 is 14.8 Å². The Balaban J connectivity index is 2.06. The highest BCUT2D eigenvalue weighted by Gasteiger charge is 2.28. The Bertz CT molecular complexity index is 821. The molecule has 0 aliphatic rings. The normalized spacial score (nSPS) is 11.7. The summed E-state index contributed by atoms with van der Waals surface area (Å²) in [6.07, 6.45) is 1.44. The van der Waals surface area contributed by atoms with Crippen molar-refractivity contribution in [3.05, 3.63) is 60.2 Å². The van der Waals surface area contributed by atoms with Crippen LogP contribution in [0.5, 0.6) is 11.5 Å². The number of carbonyl (C=O) groups is 2. The molecule has 2 aromatic carbocycles. The summed E-state index contributed by atoms with van der Waals surface area (Å²) in [6, 6.07) is 16.6. The lowest BCUT2D eigenvalue weighted by atomic mass is 10.1. The minimum atomic E-state index is -0.515. The van der Waals surface area contributed by atoms with Crippen molar-refractivity contribution < 1.29 is 19.1 Å². The minimum absolute atomic E-state index is 0.0518. The van der Waals surface area contributed by atoms with Gasteiger partial charge >= 0.3 is 0 Å². The summed E-state index contributed by atoms with van der Waals surface area (Å²) >= 11 is 0. The van der Waals surface area contributed by atoms with E-state index in [1.54, 1.807) is 12.0 Å². The summed E-state index contributed by atoms with van der Waals surface area (Å²) in [7, 11) is 1.62. The van der Waals surface area contributed by atoms with Gasteiger partial charge in [0.05, 0.1) is 13.7 Å². The van der Waals surface area contributed by atoms with Crippen LogP contribution in [0.2, 0.25) is 0 Å².